The number of nitrogens with one attached hydrogen (secondary N) is 1. The van der Waals surface area contributed by atoms with Gasteiger partial charge in [0.2, 0.25) is 0 Å². The van der Waals surface area contributed by atoms with Gasteiger partial charge in [-0.1, -0.05) is 17.9 Å². The van der Waals surface area contributed by atoms with Crippen LogP contribution in [0.25, 0.3) is 0 Å². The monoisotopic (exact) mass is 309 g/mol. The summed E-state index contributed by atoms with van der Waals surface area (Å²) in [6.45, 7) is 3.71. The van der Waals surface area contributed by atoms with Gasteiger partial charge < -0.3 is 10.4 Å². The predicted molar refractivity (Wildman–Crippen MR) is 87.7 cm³/mol. The van der Waals surface area contributed by atoms with E-state index in [0.717, 1.165) is 5.69 Å². The Morgan fingerprint density at radius 3 is 2.87 bits per heavy atom. The summed E-state index contributed by atoms with van der Waals surface area (Å²) in [7, 11) is 0. The lowest BCUT2D eigenvalue weighted by Gasteiger charge is -2.07. The molecule has 1 amide bonds. The maximum atomic E-state index is 12.1. The number of aliphatic hydroxyl groups is 1. The fraction of sp³-hybridized carbons (Fsp3) is 0.278. The topological polar surface area (TPSA) is 75.1 Å². The Kier molecular flexibility index (Phi) is 5.45. The van der Waals surface area contributed by atoms with E-state index in [2.05, 4.69) is 27.1 Å². The van der Waals surface area contributed by atoms with Crippen molar-refractivity contribution in [1.29, 1.82) is 0 Å². The summed E-state index contributed by atoms with van der Waals surface area (Å²) in [6, 6.07) is 7.00. The zero-order chi connectivity index (χ0) is 16.7. The molecule has 0 saturated heterocycles. The molecule has 23 heavy (non-hydrogen) atoms. The Balaban J connectivity index is 1.95. The van der Waals surface area contributed by atoms with Crippen LogP contribution in [0.3, 0.4) is 0 Å². The molecule has 0 unspecified atom stereocenters. The summed E-state index contributed by atoms with van der Waals surface area (Å²) in [5.41, 5.74) is 0.993. The van der Waals surface area contributed by atoms with Crippen LogP contribution in [0.5, 0.6) is 0 Å². The third-order valence-corrected chi connectivity index (χ3v) is 2.92. The van der Waals surface area contributed by atoms with Crippen molar-refractivity contribution < 1.29 is 9.90 Å². The first-order valence-electron chi connectivity index (χ1n) is 7.33. The van der Waals surface area contributed by atoms with E-state index in [4.69, 9.17) is 0 Å². The van der Waals surface area contributed by atoms with E-state index in [1.165, 1.54) is 0 Å². The molecule has 1 heterocycles. The highest BCUT2D eigenvalue weighted by atomic mass is 16.3. The molecule has 2 rings (SSSR count). The van der Waals surface area contributed by atoms with Gasteiger partial charge in [0.1, 0.15) is 5.60 Å². The van der Waals surface area contributed by atoms with E-state index >= 15 is 0 Å². The first kappa shape index (κ1) is 16.7. The number of benzene rings is 1. The molecule has 0 aliphatic carbocycles. The molecule has 5 heteroatoms. The second kappa shape index (κ2) is 7.52. The highest BCUT2D eigenvalue weighted by Crippen LogP contribution is 2.06. The minimum atomic E-state index is -1.06. The van der Waals surface area contributed by atoms with Crippen LogP contribution in [0.1, 0.15) is 35.5 Å². The van der Waals surface area contributed by atoms with E-state index in [9.17, 15) is 9.90 Å². The van der Waals surface area contributed by atoms with Crippen molar-refractivity contribution >= 4 is 5.91 Å². The molecule has 0 atom stereocenters. The molecule has 0 saturated carbocycles. The normalized spacial score (nSPS) is 10.6. The van der Waals surface area contributed by atoms with Gasteiger partial charge >= 0.3 is 0 Å². The van der Waals surface area contributed by atoms with Crippen molar-refractivity contribution in [3.8, 4) is 11.8 Å². The number of carbonyl (C=O) groups is 1. The van der Waals surface area contributed by atoms with Crippen LogP contribution in [0.4, 0.5) is 0 Å². The number of hydrogen-bond donors (Lipinski definition) is 2. The average molecular weight is 309 g/mol. The fourth-order valence-electron chi connectivity index (χ4n) is 1.83. The molecule has 2 aromatic rings. The SMILES string of the molecule is CC(C)(O)C#Cc1cccc(C(=O)NCCc2cnccn2)c1. The average Bonchev–Trinajstić information content (AvgIpc) is 2.53. The Morgan fingerprint density at radius 2 is 2.17 bits per heavy atom. The van der Waals surface area contributed by atoms with E-state index in [1.807, 2.05) is 0 Å². The van der Waals surface area contributed by atoms with Gasteiger partial charge in [-0.25, -0.2) is 0 Å². The predicted octanol–water partition coefficient (Wildman–Crippen LogP) is 1.57. The summed E-state index contributed by atoms with van der Waals surface area (Å²) >= 11 is 0. The summed E-state index contributed by atoms with van der Waals surface area (Å²) in [5, 5.41) is 12.5. The van der Waals surface area contributed by atoms with Crippen LogP contribution >= 0.6 is 0 Å². The third kappa shape index (κ3) is 5.89. The fourth-order valence-corrected chi connectivity index (χ4v) is 1.83. The minimum absolute atomic E-state index is 0.166. The Hall–Kier alpha value is -2.71. The summed E-state index contributed by atoms with van der Waals surface area (Å²) < 4.78 is 0. The van der Waals surface area contributed by atoms with Gasteiger partial charge in [-0.2, -0.15) is 0 Å². The lowest BCUT2D eigenvalue weighted by molar-refractivity contribution is 0.0954. The molecule has 0 aliphatic rings. The lowest BCUT2D eigenvalue weighted by atomic mass is 10.1. The molecule has 5 nitrogen and oxygen atoms in total. The van der Waals surface area contributed by atoms with Crippen LogP contribution in [0, 0.1) is 11.8 Å². The van der Waals surface area contributed by atoms with E-state index < -0.39 is 5.60 Å². The second-order valence-electron chi connectivity index (χ2n) is 5.59. The number of hydrogen-bond acceptors (Lipinski definition) is 4. The molecule has 0 spiro atoms. The van der Waals surface area contributed by atoms with Crippen molar-refractivity contribution in [1.82, 2.24) is 15.3 Å². The highest BCUT2D eigenvalue weighted by molar-refractivity contribution is 5.94. The van der Waals surface area contributed by atoms with E-state index in [0.29, 0.717) is 24.1 Å². The molecular formula is C18H19N3O2. The summed E-state index contributed by atoms with van der Waals surface area (Å²) in [5.74, 6) is 5.43. The third-order valence-electron chi connectivity index (χ3n) is 2.92. The van der Waals surface area contributed by atoms with Crippen molar-refractivity contribution in [3.05, 3.63) is 59.7 Å². The van der Waals surface area contributed by atoms with Gasteiger partial charge in [-0.05, 0) is 32.0 Å². The van der Waals surface area contributed by atoms with Gasteiger partial charge in [0.05, 0.1) is 5.69 Å². The molecule has 0 fully saturated rings. The van der Waals surface area contributed by atoms with Gasteiger partial charge in [0, 0.05) is 42.7 Å². The molecule has 0 bridgehead atoms. The maximum Gasteiger partial charge on any atom is 0.251 e. The minimum Gasteiger partial charge on any atom is -0.378 e. The zero-order valence-electron chi connectivity index (χ0n) is 13.2. The van der Waals surface area contributed by atoms with Gasteiger partial charge in [0.15, 0.2) is 0 Å². The van der Waals surface area contributed by atoms with Crippen molar-refractivity contribution in [2.24, 2.45) is 0 Å². The first-order chi connectivity index (χ1) is 10.9. The number of rotatable bonds is 4. The number of aromatic nitrogens is 2. The zero-order valence-corrected chi connectivity index (χ0v) is 13.2. The maximum absolute atomic E-state index is 12.1. The van der Waals surface area contributed by atoms with Crippen LogP contribution in [-0.2, 0) is 6.42 Å². The molecule has 0 radical (unpaired) electrons. The van der Waals surface area contributed by atoms with Gasteiger partial charge in [-0.3, -0.25) is 14.8 Å². The largest absolute Gasteiger partial charge is 0.378 e. The standard InChI is InChI=1S/C18H19N3O2/c1-18(2,23)8-6-14-4-3-5-15(12-14)17(22)21-9-7-16-13-19-10-11-20-16/h3-5,10-13,23H,7,9H2,1-2H3,(H,21,22). The Labute approximate surface area is 135 Å². The molecule has 1 aromatic carbocycles. The molecule has 2 N–H and O–H groups in total. The van der Waals surface area contributed by atoms with Gasteiger partial charge in [0.25, 0.3) is 5.91 Å². The lowest BCUT2D eigenvalue weighted by Crippen LogP contribution is -2.26. The Bertz CT molecular complexity index is 725. The first-order valence-corrected chi connectivity index (χ1v) is 7.33. The van der Waals surface area contributed by atoms with Crippen LogP contribution in [-0.4, -0.2) is 33.1 Å². The molecule has 0 aliphatic heterocycles. The molecule has 118 valence electrons. The highest BCUT2D eigenvalue weighted by Gasteiger charge is 2.07. The van der Waals surface area contributed by atoms with Crippen LogP contribution in [0.15, 0.2) is 42.9 Å². The number of amides is 1. The molecule has 1 aromatic heterocycles. The quantitative estimate of drug-likeness (QED) is 0.841. The summed E-state index contributed by atoms with van der Waals surface area (Å²) in [6.07, 6.45) is 5.54. The number of carbonyl (C=O) groups excluding carboxylic acids is 1. The van der Waals surface area contributed by atoms with E-state index in [-0.39, 0.29) is 5.91 Å². The van der Waals surface area contributed by atoms with Crippen LogP contribution in [0.2, 0.25) is 0 Å². The van der Waals surface area contributed by atoms with Crippen molar-refractivity contribution in [3.63, 3.8) is 0 Å². The van der Waals surface area contributed by atoms with Gasteiger partial charge in [-0.15, -0.1) is 0 Å². The summed E-state index contributed by atoms with van der Waals surface area (Å²) in [4.78, 5) is 20.3. The second-order valence-corrected chi connectivity index (χ2v) is 5.59. The van der Waals surface area contributed by atoms with Crippen LogP contribution < -0.4 is 5.32 Å². The number of nitrogens with zero attached hydrogens (tertiary/aromatic N) is 2. The smallest absolute Gasteiger partial charge is 0.251 e. The Morgan fingerprint density at radius 1 is 1.35 bits per heavy atom. The van der Waals surface area contributed by atoms with Crippen molar-refractivity contribution in [2.45, 2.75) is 25.9 Å². The van der Waals surface area contributed by atoms with E-state index in [1.54, 1.807) is 56.7 Å². The van der Waals surface area contributed by atoms with Crippen molar-refractivity contribution in [2.75, 3.05) is 6.54 Å². The molecular weight excluding hydrogens is 290 g/mol.